The van der Waals surface area contributed by atoms with E-state index in [4.69, 9.17) is 5.73 Å². The van der Waals surface area contributed by atoms with Gasteiger partial charge in [0.1, 0.15) is 5.82 Å². The minimum Gasteiger partial charge on any atom is -0.327 e. The Morgan fingerprint density at radius 2 is 1.33 bits per heavy atom. The number of nitrogens with two attached hydrogens (primary N) is 1. The van der Waals surface area contributed by atoms with Crippen molar-refractivity contribution in [2.45, 2.75) is 18.9 Å². The van der Waals surface area contributed by atoms with E-state index in [-0.39, 0.29) is 11.9 Å². The van der Waals surface area contributed by atoms with Crippen LogP contribution in [0.2, 0.25) is 0 Å². The van der Waals surface area contributed by atoms with Crippen molar-refractivity contribution < 1.29 is 4.39 Å². The predicted octanol–water partition coefficient (Wildman–Crippen LogP) is 3.54. The summed E-state index contributed by atoms with van der Waals surface area (Å²) in [4.78, 5) is 0. The average Bonchev–Trinajstić information content (AvgIpc) is 2.35. The summed E-state index contributed by atoms with van der Waals surface area (Å²) < 4.78 is 14.0. The molecule has 0 saturated heterocycles. The fourth-order valence-corrected chi connectivity index (χ4v) is 2.28. The second kappa shape index (κ2) is 6.29. The molecule has 2 rings (SSSR count). The molecular formula is C15H15FIN. The van der Waals surface area contributed by atoms with E-state index in [1.54, 1.807) is 12.1 Å². The maximum atomic E-state index is 12.8. The molecule has 18 heavy (non-hydrogen) atoms. The summed E-state index contributed by atoms with van der Waals surface area (Å²) in [6.07, 6.45) is 1.61. The van der Waals surface area contributed by atoms with Crippen LogP contribution < -0.4 is 5.73 Å². The normalized spacial score (nSPS) is 12.4. The Hall–Kier alpha value is -0.940. The lowest BCUT2D eigenvalue weighted by atomic mass is 10.00. The zero-order valence-corrected chi connectivity index (χ0v) is 12.1. The van der Waals surface area contributed by atoms with Gasteiger partial charge in [0.15, 0.2) is 0 Å². The average molecular weight is 355 g/mol. The lowest BCUT2D eigenvalue weighted by Gasteiger charge is -2.12. The fourth-order valence-electron chi connectivity index (χ4n) is 1.92. The summed E-state index contributed by atoms with van der Waals surface area (Å²) in [6, 6.07) is 15.0. The van der Waals surface area contributed by atoms with Crippen molar-refractivity contribution in [3.63, 3.8) is 0 Å². The SMILES string of the molecule is NC(Cc1ccc(F)cc1)Cc1ccc(I)cc1. The van der Waals surface area contributed by atoms with Gasteiger partial charge in [-0.3, -0.25) is 0 Å². The molecule has 0 saturated carbocycles. The first kappa shape index (κ1) is 13.5. The molecule has 0 heterocycles. The number of halogens is 2. The highest BCUT2D eigenvalue weighted by atomic mass is 127. The van der Waals surface area contributed by atoms with Crippen LogP contribution in [0, 0.1) is 9.39 Å². The van der Waals surface area contributed by atoms with Gasteiger partial charge in [0.2, 0.25) is 0 Å². The van der Waals surface area contributed by atoms with Crippen LogP contribution >= 0.6 is 22.6 Å². The van der Waals surface area contributed by atoms with Crippen molar-refractivity contribution in [3.8, 4) is 0 Å². The molecular weight excluding hydrogens is 340 g/mol. The third-order valence-electron chi connectivity index (χ3n) is 2.82. The Morgan fingerprint density at radius 3 is 1.83 bits per heavy atom. The van der Waals surface area contributed by atoms with Gasteiger partial charge in [-0.1, -0.05) is 24.3 Å². The molecule has 0 radical (unpaired) electrons. The summed E-state index contributed by atoms with van der Waals surface area (Å²) in [6.45, 7) is 0. The van der Waals surface area contributed by atoms with Crippen LogP contribution in [0.15, 0.2) is 48.5 Å². The molecule has 0 fully saturated rings. The summed E-state index contributed by atoms with van der Waals surface area (Å²) >= 11 is 2.29. The molecule has 0 aliphatic carbocycles. The lowest BCUT2D eigenvalue weighted by molar-refractivity contribution is 0.623. The van der Waals surface area contributed by atoms with Gasteiger partial charge in [-0.25, -0.2) is 4.39 Å². The molecule has 0 amide bonds. The van der Waals surface area contributed by atoms with Crippen LogP contribution in [0.3, 0.4) is 0 Å². The van der Waals surface area contributed by atoms with Gasteiger partial charge >= 0.3 is 0 Å². The Morgan fingerprint density at radius 1 is 0.889 bits per heavy atom. The van der Waals surface area contributed by atoms with Crippen LogP contribution in [0.4, 0.5) is 4.39 Å². The molecule has 3 heteroatoms. The minimum atomic E-state index is -0.204. The number of benzene rings is 2. The lowest BCUT2D eigenvalue weighted by Crippen LogP contribution is -2.25. The topological polar surface area (TPSA) is 26.0 Å². The molecule has 2 aromatic carbocycles. The van der Waals surface area contributed by atoms with Crippen molar-refractivity contribution >= 4 is 22.6 Å². The summed E-state index contributed by atoms with van der Waals surface area (Å²) in [5, 5.41) is 0. The molecule has 1 atom stereocenters. The van der Waals surface area contributed by atoms with E-state index >= 15 is 0 Å². The number of hydrogen-bond acceptors (Lipinski definition) is 1. The maximum absolute atomic E-state index is 12.8. The largest absolute Gasteiger partial charge is 0.327 e. The first-order valence-corrected chi connectivity index (χ1v) is 6.96. The van der Waals surface area contributed by atoms with Crippen molar-refractivity contribution in [1.29, 1.82) is 0 Å². The number of rotatable bonds is 4. The van der Waals surface area contributed by atoms with Gasteiger partial charge in [-0.2, -0.15) is 0 Å². The first-order chi connectivity index (χ1) is 8.63. The van der Waals surface area contributed by atoms with E-state index in [0.29, 0.717) is 0 Å². The van der Waals surface area contributed by atoms with Crippen LogP contribution in [0.5, 0.6) is 0 Å². The highest BCUT2D eigenvalue weighted by Crippen LogP contribution is 2.11. The van der Waals surface area contributed by atoms with E-state index in [0.717, 1.165) is 18.4 Å². The van der Waals surface area contributed by atoms with E-state index < -0.39 is 0 Å². The Labute approximate surface area is 120 Å². The zero-order valence-electron chi connectivity index (χ0n) is 9.94. The van der Waals surface area contributed by atoms with Gasteiger partial charge in [-0.05, 0) is 70.8 Å². The maximum Gasteiger partial charge on any atom is 0.123 e. The van der Waals surface area contributed by atoms with E-state index in [9.17, 15) is 4.39 Å². The second-order valence-corrected chi connectivity index (χ2v) is 5.67. The van der Waals surface area contributed by atoms with Crippen molar-refractivity contribution in [1.82, 2.24) is 0 Å². The Bertz CT molecular complexity index is 445. The van der Waals surface area contributed by atoms with Crippen molar-refractivity contribution in [2.75, 3.05) is 0 Å². The van der Waals surface area contributed by atoms with Crippen LogP contribution in [0.1, 0.15) is 11.1 Å². The molecule has 0 aliphatic heterocycles. The zero-order chi connectivity index (χ0) is 13.0. The van der Waals surface area contributed by atoms with Crippen molar-refractivity contribution in [2.24, 2.45) is 5.73 Å². The summed E-state index contributed by atoms with van der Waals surface area (Å²) in [5.41, 5.74) is 8.44. The highest BCUT2D eigenvalue weighted by Gasteiger charge is 2.05. The Kier molecular flexibility index (Phi) is 4.72. The first-order valence-electron chi connectivity index (χ1n) is 5.88. The van der Waals surface area contributed by atoms with Gasteiger partial charge in [0, 0.05) is 9.61 Å². The van der Waals surface area contributed by atoms with Gasteiger partial charge in [-0.15, -0.1) is 0 Å². The predicted molar refractivity (Wildman–Crippen MR) is 80.9 cm³/mol. The molecule has 0 aromatic heterocycles. The van der Waals surface area contributed by atoms with E-state index in [1.807, 2.05) is 0 Å². The van der Waals surface area contributed by atoms with Gasteiger partial charge < -0.3 is 5.73 Å². The van der Waals surface area contributed by atoms with Crippen LogP contribution in [0.25, 0.3) is 0 Å². The Balaban J connectivity index is 1.94. The number of hydrogen-bond donors (Lipinski definition) is 1. The molecule has 0 bridgehead atoms. The van der Waals surface area contributed by atoms with Crippen LogP contribution in [-0.4, -0.2) is 6.04 Å². The summed E-state index contributed by atoms with van der Waals surface area (Å²) in [5.74, 6) is -0.204. The highest BCUT2D eigenvalue weighted by molar-refractivity contribution is 14.1. The minimum absolute atomic E-state index is 0.0653. The standard InChI is InChI=1S/C15H15FIN/c16-13-5-1-11(2-6-13)9-15(18)10-12-3-7-14(17)8-4-12/h1-8,15H,9-10,18H2. The fraction of sp³-hybridized carbons (Fsp3) is 0.200. The van der Waals surface area contributed by atoms with Crippen molar-refractivity contribution in [3.05, 3.63) is 69.0 Å². The molecule has 0 spiro atoms. The monoisotopic (exact) mass is 355 g/mol. The molecule has 2 N–H and O–H groups in total. The second-order valence-electron chi connectivity index (χ2n) is 4.42. The van der Waals surface area contributed by atoms with Crippen LogP contribution in [-0.2, 0) is 12.8 Å². The quantitative estimate of drug-likeness (QED) is 0.835. The van der Waals surface area contributed by atoms with Gasteiger partial charge in [0.25, 0.3) is 0 Å². The van der Waals surface area contributed by atoms with E-state index in [2.05, 4.69) is 46.9 Å². The third-order valence-corrected chi connectivity index (χ3v) is 3.54. The molecule has 1 nitrogen and oxygen atoms in total. The third kappa shape index (κ3) is 4.07. The molecule has 2 aromatic rings. The smallest absolute Gasteiger partial charge is 0.123 e. The van der Waals surface area contributed by atoms with Gasteiger partial charge in [0.05, 0.1) is 0 Å². The molecule has 1 unspecified atom stereocenters. The summed E-state index contributed by atoms with van der Waals surface area (Å²) in [7, 11) is 0. The molecule has 94 valence electrons. The van der Waals surface area contributed by atoms with E-state index in [1.165, 1.54) is 21.3 Å². The molecule has 0 aliphatic rings.